The minimum absolute atomic E-state index is 0.0871. The Bertz CT molecular complexity index is 985. The Hall–Kier alpha value is -1.68. The van der Waals surface area contributed by atoms with E-state index in [1.807, 2.05) is 6.92 Å². The molecule has 3 aliphatic carbocycles. The molecule has 5 rings (SSSR count). The lowest BCUT2D eigenvalue weighted by Crippen LogP contribution is -2.84. The van der Waals surface area contributed by atoms with E-state index in [9.17, 15) is 19.8 Å². The fourth-order valence-electron chi connectivity index (χ4n) is 8.28. The van der Waals surface area contributed by atoms with E-state index in [-0.39, 0.29) is 18.9 Å². The Morgan fingerprint density at radius 3 is 2.34 bits per heavy atom. The SMILES string of the molecule is C=C1CC[C@@H]2OC(C)(C)O[C@@H]3[C@H](OC(C)=O)[C@]4(O)C(C)(C)[C@]5(CC[C@@]4(C)O)OC(=O)O[C@H]5[C@H]1[C@@]23C. The molecule has 9 nitrogen and oxygen atoms in total. The molecule has 0 aromatic rings. The second-order valence-electron chi connectivity index (χ2n) is 12.6. The van der Waals surface area contributed by atoms with Gasteiger partial charge in [-0.05, 0) is 46.5 Å². The highest BCUT2D eigenvalue weighted by Crippen LogP contribution is 2.69. The first kappa shape index (κ1) is 25.0. The molecule has 0 aromatic carbocycles. The van der Waals surface area contributed by atoms with Crippen molar-refractivity contribution in [3.8, 4) is 0 Å². The van der Waals surface area contributed by atoms with Crippen LogP contribution in [0.2, 0.25) is 0 Å². The van der Waals surface area contributed by atoms with Gasteiger partial charge in [-0.15, -0.1) is 0 Å². The first-order valence-electron chi connectivity index (χ1n) is 12.5. The molecule has 9 heteroatoms. The van der Waals surface area contributed by atoms with Crippen LogP contribution in [0.3, 0.4) is 0 Å². The molecule has 2 aliphatic heterocycles. The van der Waals surface area contributed by atoms with Crippen LogP contribution in [0.1, 0.15) is 74.1 Å². The van der Waals surface area contributed by atoms with Crippen LogP contribution >= 0.6 is 0 Å². The van der Waals surface area contributed by atoms with Crippen LogP contribution in [0.15, 0.2) is 12.2 Å². The van der Waals surface area contributed by atoms with Gasteiger partial charge in [0.2, 0.25) is 0 Å². The molecular formula is C26H38O9. The summed E-state index contributed by atoms with van der Waals surface area (Å²) in [4.78, 5) is 25.3. The van der Waals surface area contributed by atoms with Crippen LogP contribution in [-0.4, -0.2) is 69.3 Å². The molecule has 2 N–H and O–H groups in total. The average molecular weight is 495 g/mol. The van der Waals surface area contributed by atoms with Crippen molar-refractivity contribution in [3.63, 3.8) is 0 Å². The van der Waals surface area contributed by atoms with Crippen LogP contribution < -0.4 is 0 Å². The first-order chi connectivity index (χ1) is 15.9. The number of ether oxygens (including phenoxy) is 5. The number of rotatable bonds is 1. The third-order valence-electron chi connectivity index (χ3n) is 10.0. The summed E-state index contributed by atoms with van der Waals surface area (Å²) in [7, 11) is 0. The normalized spacial score (nSPS) is 51.6. The summed E-state index contributed by atoms with van der Waals surface area (Å²) in [6.07, 6.45) is -2.60. The van der Waals surface area contributed by atoms with E-state index in [2.05, 4.69) is 6.58 Å². The maximum atomic E-state index is 12.8. The molecule has 5 fully saturated rings. The van der Waals surface area contributed by atoms with Gasteiger partial charge in [-0.2, -0.15) is 0 Å². The van der Waals surface area contributed by atoms with Gasteiger partial charge in [-0.1, -0.05) is 32.9 Å². The summed E-state index contributed by atoms with van der Waals surface area (Å²) in [5.41, 5.74) is -6.48. The number of fused-ring (bicyclic) bond motifs is 2. The molecule has 0 aromatic heterocycles. The number of hydrogen-bond acceptors (Lipinski definition) is 9. The molecular weight excluding hydrogens is 456 g/mol. The Morgan fingerprint density at radius 2 is 1.71 bits per heavy atom. The van der Waals surface area contributed by atoms with E-state index < -0.39 is 69.8 Å². The molecule has 5 aliphatic rings. The fraction of sp³-hybridized carbons (Fsp3) is 0.846. The van der Waals surface area contributed by atoms with E-state index >= 15 is 0 Å². The molecule has 0 radical (unpaired) electrons. The van der Waals surface area contributed by atoms with Gasteiger partial charge < -0.3 is 33.9 Å². The molecule has 2 bridgehead atoms. The van der Waals surface area contributed by atoms with Crippen molar-refractivity contribution in [1.29, 1.82) is 0 Å². The molecule has 9 atom stereocenters. The van der Waals surface area contributed by atoms with Crippen LogP contribution in [0.4, 0.5) is 4.79 Å². The first-order valence-corrected chi connectivity index (χ1v) is 12.5. The highest BCUT2D eigenvalue weighted by Gasteiger charge is 2.83. The summed E-state index contributed by atoms with van der Waals surface area (Å²) in [5.74, 6) is -2.14. The highest BCUT2D eigenvalue weighted by molar-refractivity contribution is 5.67. The summed E-state index contributed by atoms with van der Waals surface area (Å²) < 4.78 is 30.8. The summed E-state index contributed by atoms with van der Waals surface area (Å²) >= 11 is 0. The summed E-state index contributed by atoms with van der Waals surface area (Å²) in [6.45, 7) is 16.2. The smallest absolute Gasteiger partial charge is 0.457 e. The number of aliphatic hydroxyl groups is 2. The molecule has 2 saturated heterocycles. The molecule has 3 saturated carbocycles. The Balaban J connectivity index is 1.87. The van der Waals surface area contributed by atoms with Crippen LogP contribution in [0.5, 0.6) is 0 Å². The van der Waals surface area contributed by atoms with Gasteiger partial charge in [-0.3, -0.25) is 4.79 Å². The third kappa shape index (κ3) is 2.84. The van der Waals surface area contributed by atoms with Crippen molar-refractivity contribution in [1.82, 2.24) is 0 Å². The summed E-state index contributed by atoms with van der Waals surface area (Å²) in [6, 6.07) is 0. The molecule has 196 valence electrons. The lowest BCUT2D eigenvalue weighted by atomic mass is 9.42. The molecule has 0 unspecified atom stereocenters. The third-order valence-corrected chi connectivity index (χ3v) is 10.0. The second-order valence-corrected chi connectivity index (χ2v) is 12.6. The van der Waals surface area contributed by atoms with E-state index in [0.717, 1.165) is 5.57 Å². The number of carbonyl (C=O) groups is 2. The lowest BCUT2D eigenvalue weighted by molar-refractivity contribution is -0.413. The average Bonchev–Trinajstić information content (AvgIpc) is 3.05. The minimum Gasteiger partial charge on any atom is -0.457 e. The van der Waals surface area contributed by atoms with Crippen molar-refractivity contribution in [2.45, 2.75) is 121 Å². The van der Waals surface area contributed by atoms with Crippen molar-refractivity contribution >= 4 is 12.1 Å². The zero-order chi connectivity index (χ0) is 26.0. The quantitative estimate of drug-likeness (QED) is 0.418. The summed E-state index contributed by atoms with van der Waals surface area (Å²) in [5, 5.41) is 24.5. The second kappa shape index (κ2) is 7.00. The number of hydrogen-bond donors (Lipinski definition) is 2. The van der Waals surface area contributed by atoms with Crippen molar-refractivity contribution in [3.05, 3.63) is 12.2 Å². The predicted octanol–water partition coefficient (Wildman–Crippen LogP) is 3.00. The largest absolute Gasteiger partial charge is 0.509 e. The van der Waals surface area contributed by atoms with Crippen LogP contribution in [0, 0.1) is 16.7 Å². The van der Waals surface area contributed by atoms with Gasteiger partial charge in [0.1, 0.15) is 11.7 Å². The van der Waals surface area contributed by atoms with Gasteiger partial charge in [0.05, 0.1) is 11.7 Å². The van der Waals surface area contributed by atoms with Crippen LogP contribution in [-0.2, 0) is 28.5 Å². The maximum absolute atomic E-state index is 12.8. The van der Waals surface area contributed by atoms with Crippen LogP contribution in [0.25, 0.3) is 0 Å². The monoisotopic (exact) mass is 494 g/mol. The molecule has 35 heavy (non-hydrogen) atoms. The van der Waals surface area contributed by atoms with E-state index in [0.29, 0.717) is 12.8 Å². The van der Waals surface area contributed by atoms with Crippen molar-refractivity contribution in [2.24, 2.45) is 16.7 Å². The zero-order valence-electron chi connectivity index (χ0n) is 21.7. The number of carbonyl (C=O) groups excluding carboxylic acids is 2. The molecule has 2 heterocycles. The molecule has 0 amide bonds. The maximum Gasteiger partial charge on any atom is 0.509 e. The Kier molecular flexibility index (Phi) is 4.99. The fourth-order valence-corrected chi connectivity index (χ4v) is 8.28. The topological polar surface area (TPSA) is 121 Å². The van der Waals surface area contributed by atoms with Crippen molar-refractivity contribution in [2.75, 3.05) is 0 Å². The Labute approximate surface area is 206 Å². The van der Waals surface area contributed by atoms with E-state index in [1.165, 1.54) is 13.8 Å². The highest BCUT2D eigenvalue weighted by atomic mass is 16.8. The number of esters is 1. The van der Waals surface area contributed by atoms with Gasteiger partial charge >= 0.3 is 12.1 Å². The van der Waals surface area contributed by atoms with Gasteiger partial charge in [0, 0.05) is 23.7 Å². The molecule has 1 spiro atoms. The standard InChI is InChI=1S/C26H38O9/c1-13-9-10-15-24(8)16(13)17-25(35-20(28)32-17)12-11-23(7,29)26(30,21(25,3)4)19(31-14(2)27)18(24)34-22(5,6)33-15/h15-19,29-30H,1,9-12H2,2-8H3/t15-,16-,17-,18+,19-,23+,24+,25+,26-/m0/s1. The lowest BCUT2D eigenvalue weighted by Gasteiger charge is -2.70. The van der Waals surface area contributed by atoms with Gasteiger partial charge in [-0.25, -0.2) is 4.79 Å². The van der Waals surface area contributed by atoms with Gasteiger partial charge in [0.25, 0.3) is 0 Å². The zero-order valence-corrected chi connectivity index (χ0v) is 21.7. The Morgan fingerprint density at radius 1 is 1.06 bits per heavy atom. The van der Waals surface area contributed by atoms with E-state index in [4.69, 9.17) is 23.7 Å². The minimum atomic E-state index is -2.08. The van der Waals surface area contributed by atoms with Gasteiger partial charge in [0.15, 0.2) is 23.6 Å². The van der Waals surface area contributed by atoms with Crippen molar-refractivity contribution < 1.29 is 43.5 Å². The predicted molar refractivity (Wildman–Crippen MR) is 122 cm³/mol. The van der Waals surface area contributed by atoms with E-state index in [1.54, 1.807) is 27.7 Å².